The van der Waals surface area contributed by atoms with Gasteiger partial charge in [0.2, 0.25) is 17.7 Å². The Hall–Kier alpha value is -3.65. The SMILES string of the molecule is Cc1ccccc1CN(C)C(=O)C(Cc1c[nH]c2ccccc12)NC(=O)C1CC(O)CN1C(=O)C12CCC(C)(CC1)CC2. The Kier molecular flexibility index (Phi) is 7.84. The van der Waals surface area contributed by atoms with E-state index in [4.69, 9.17) is 0 Å². The molecule has 7 rings (SSSR count). The zero-order chi connectivity index (χ0) is 30.4. The average Bonchev–Trinajstić information content (AvgIpc) is 3.61. The molecular weight excluding hydrogens is 540 g/mol. The van der Waals surface area contributed by atoms with E-state index in [1.165, 1.54) is 0 Å². The minimum Gasteiger partial charge on any atom is -0.391 e. The number of aromatic amines is 1. The molecule has 0 spiro atoms. The molecule has 43 heavy (non-hydrogen) atoms. The zero-order valence-electron chi connectivity index (χ0n) is 25.6. The number of aryl methyl sites for hydroxylation is 1. The molecule has 4 fully saturated rings. The number of fused-ring (bicyclic) bond motifs is 4. The Morgan fingerprint density at radius 3 is 2.42 bits per heavy atom. The van der Waals surface area contributed by atoms with Gasteiger partial charge in [0.15, 0.2) is 0 Å². The molecule has 4 aliphatic rings. The Labute approximate surface area is 253 Å². The highest BCUT2D eigenvalue weighted by molar-refractivity contribution is 5.94. The number of nitrogens with one attached hydrogen (secondary N) is 2. The van der Waals surface area contributed by atoms with Gasteiger partial charge in [-0.3, -0.25) is 14.4 Å². The number of aromatic nitrogens is 1. The van der Waals surface area contributed by atoms with Crippen molar-refractivity contribution in [2.45, 2.75) is 89.9 Å². The summed E-state index contributed by atoms with van der Waals surface area (Å²) in [4.78, 5) is 48.6. The summed E-state index contributed by atoms with van der Waals surface area (Å²) in [5.74, 6) is -0.571. The van der Waals surface area contributed by atoms with E-state index in [0.717, 1.165) is 66.1 Å². The number of likely N-dealkylation sites (tertiary alicyclic amines) is 1. The van der Waals surface area contributed by atoms with Crippen LogP contribution < -0.4 is 5.32 Å². The lowest BCUT2D eigenvalue weighted by Gasteiger charge is -2.52. The van der Waals surface area contributed by atoms with Crippen molar-refractivity contribution in [3.63, 3.8) is 0 Å². The van der Waals surface area contributed by atoms with E-state index in [0.29, 0.717) is 18.4 Å². The second kappa shape index (κ2) is 11.5. The molecule has 2 aromatic carbocycles. The Balaban J connectivity index is 1.24. The highest BCUT2D eigenvalue weighted by atomic mass is 16.3. The van der Waals surface area contributed by atoms with Crippen LogP contribution in [0.1, 0.15) is 68.6 Å². The van der Waals surface area contributed by atoms with Crippen molar-refractivity contribution in [1.82, 2.24) is 20.1 Å². The standard InChI is InChI=1S/C35H44N4O4/c1-23-8-4-5-9-24(23)21-38(3)32(42)29(18-25-20-36-28-11-7-6-10-27(25)28)37-31(41)30-19-26(40)22-39(30)33(43)35-15-12-34(2,13-16-35)14-17-35/h4-11,20,26,29-30,36,40H,12-19,21-22H2,1-3H3,(H,37,41). The predicted molar refractivity (Wildman–Crippen MR) is 166 cm³/mol. The van der Waals surface area contributed by atoms with Gasteiger partial charge in [0.05, 0.1) is 6.10 Å². The van der Waals surface area contributed by atoms with Gasteiger partial charge in [-0.25, -0.2) is 0 Å². The van der Waals surface area contributed by atoms with Gasteiger partial charge in [-0.15, -0.1) is 0 Å². The van der Waals surface area contributed by atoms with Crippen molar-refractivity contribution in [3.8, 4) is 0 Å². The summed E-state index contributed by atoms with van der Waals surface area (Å²) in [7, 11) is 1.76. The molecule has 3 aromatic rings. The number of H-pyrrole nitrogens is 1. The van der Waals surface area contributed by atoms with Crippen LogP contribution in [0, 0.1) is 17.8 Å². The molecule has 2 bridgehead atoms. The first-order valence-corrected chi connectivity index (χ1v) is 15.7. The molecule has 3 amide bonds. The molecule has 8 heteroatoms. The number of benzene rings is 2. The van der Waals surface area contributed by atoms with Gasteiger partial charge < -0.3 is 25.2 Å². The van der Waals surface area contributed by atoms with Crippen LogP contribution in [0.2, 0.25) is 0 Å². The number of aliphatic hydroxyl groups excluding tert-OH is 1. The number of likely N-dealkylation sites (N-methyl/N-ethyl adjacent to an activating group) is 1. The number of para-hydroxylation sites is 1. The molecule has 8 nitrogen and oxygen atoms in total. The van der Waals surface area contributed by atoms with Crippen LogP contribution in [0.15, 0.2) is 54.7 Å². The maximum absolute atomic E-state index is 14.1. The quantitative estimate of drug-likeness (QED) is 0.363. The van der Waals surface area contributed by atoms with Crippen LogP contribution in [-0.2, 0) is 27.3 Å². The molecule has 3 aliphatic carbocycles. The lowest BCUT2D eigenvalue weighted by molar-refractivity contribution is -0.155. The van der Waals surface area contributed by atoms with E-state index in [9.17, 15) is 19.5 Å². The van der Waals surface area contributed by atoms with Gasteiger partial charge in [0, 0.05) is 55.5 Å². The van der Waals surface area contributed by atoms with Crippen LogP contribution >= 0.6 is 0 Å². The smallest absolute Gasteiger partial charge is 0.245 e. The minimum absolute atomic E-state index is 0.00197. The molecule has 228 valence electrons. The normalized spacial score (nSPS) is 27.3. The molecule has 1 saturated heterocycles. The average molecular weight is 585 g/mol. The van der Waals surface area contributed by atoms with E-state index in [-0.39, 0.29) is 30.7 Å². The molecule has 2 heterocycles. The summed E-state index contributed by atoms with van der Waals surface area (Å²) in [6, 6.07) is 14.2. The molecule has 1 aliphatic heterocycles. The van der Waals surface area contributed by atoms with Crippen LogP contribution in [0.5, 0.6) is 0 Å². The third kappa shape index (κ3) is 5.69. The maximum Gasteiger partial charge on any atom is 0.245 e. The van der Waals surface area contributed by atoms with Crippen LogP contribution in [0.25, 0.3) is 10.9 Å². The fraction of sp³-hybridized carbons (Fsp3) is 0.514. The van der Waals surface area contributed by atoms with E-state index >= 15 is 0 Å². The summed E-state index contributed by atoms with van der Waals surface area (Å²) >= 11 is 0. The maximum atomic E-state index is 14.1. The van der Waals surface area contributed by atoms with Crippen molar-refractivity contribution < 1.29 is 19.5 Å². The van der Waals surface area contributed by atoms with Crippen molar-refractivity contribution in [2.24, 2.45) is 10.8 Å². The largest absolute Gasteiger partial charge is 0.391 e. The molecule has 3 unspecified atom stereocenters. The lowest BCUT2D eigenvalue weighted by Crippen LogP contribution is -2.57. The highest BCUT2D eigenvalue weighted by Crippen LogP contribution is 2.57. The second-order valence-corrected chi connectivity index (χ2v) is 13.7. The first-order valence-electron chi connectivity index (χ1n) is 15.7. The third-order valence-electron chi connectivity index (χ3n) is 10.7. The number of hydrogen-bond acceptors (Lipinski definition) is 4. The number of hydrogen-bond donors (Lipinski definition) is 3. The Morgan fingerprint density at radius 1 is 1.02 bits per heavy atom. The summed E-state index contributed by atoms with van der Waals surface area (Å²) in [6.07, 6.45) is 7.22. The number of carbonyl (C=O) groups excluding carboxylic acids is 3. The molecule has 3 saturated carbocycles. The van der Waals surface area contributed by atoms with Crippen LogP contribution in [0.3, 0.4) is 0 Å². The Morgan fingerprint density at radius 2 is 1.70 bits per heavy atom. The predicted octanol–water partition coefficient (Wildman–Crippen LogP) is 4.48. The summed E-state index contributed by atoms with van der Waals surface area (Å²) < 4.78 is 0. The third-order valence-corrected chi connectivity index (χ3v) is 10.7. The number of amides is 3. The second-order valence-electron chi connectivity index (χ2n) is 13.7. The van der Waals surface area contributed by atoms with Crippen molar-refractivity contribution in [3.05, 3.63) is 71.4 Å². The van der Waals surface area contributed by atoms with Gasteiger partial charge >= 0.3 is 0 Å². The number of rotatable bonds is 8. The van der Waals surface area contributed by atoms with Gasteiger partial charge in [-0.05, 0) is 73.6 Å². The highest BCUT2D eigenvalue weighted by Gasteiger charge is 2.54. The fourth-order valence-electron chi connectivity index (χ4n) is 7.66. The van der Waals surface area contributed by atoms with Crippen LogP contribution in [0.4, 0.5) is 0 Å². The van der Waals surface area contributed by atoms with Crippen molar-refractivity contribution >= 4 is 28.6 Å². The number of nitrogens with zero attached hydrogens (tertiary/aromatic N) is 2. The number of carbonyl (C=O) groups is 3. The monoisotopic (exact) mass is 584 g/mol. The van der Waals surface area contributed by atoms with Gasteiger partial charge in [0.1, 0.15) is 12.1 Å². The van der Waals surface area contributed by atoms with E-state index in [2.05, 4.69) is 17.2 Å². The van der Waals surface area contributed by atoms with Gasteiger partial charge in [-0.2, -0.15) is 0 Å². The topological polar surface area (TPSA) is 106 Å². The molecule has 3 atom stereocenters. The molecular formula is C35H44N4O4. The van der Waals surface area contributed by atoms with E-state index in [1.807, 2.05) is 61.7 Å². The van der Waals surface area contributed by atoms with Crippen molar-refractivity contribution in [1.29, 1.82) is 0 Å². The van der Waals surface area contributed by atoms with Gasteiger partial charge in [-0.1, -0.05) is 49.4 Å². The minimum atomic E-state index is -0.835. The summed E-state index contributed by atoms with van der Waals surface area (Å²) in [6.45, 7) is 4.91. The summed E-state index contributed by atoms with van der Waals surface area (Å²) in [5, 5.41) is 14.7. The molecule has 0 radical (unpaired) electrons. The Bertz CT molecular complexity index is 1500. The number of β-amino-alcohol motifs (C(OH)–C–C–N with tert-alkyl or cyclic N) is 1. The van der Waals surface area contributed by atoms with E-state index in [1.54, 1.807) is 16.8 Å². The van der Waals surface area contributed by atoms with Crippen LogP contribution in [-0.4, -0.2) is 69.4 Å². The zero-order valence-corrected chi connectivity index (χ0v) is 25.6. The van der Waals surface area contributed by atoms with Gasteiger partial charge in [0.25, 0.3) is 0 Å². The summed E-state index contributed by atoms with van der Waals surface area (Å²) in [5.41, 5.74) is 3.93. The number of aliphatic hydroxyl groups is 1. The molecule has 1 aromatic heterocycles. The first kappa shape index (κ1) is 29.4. The first-order chi connectivity index (χ1) is 20.6. The van der Waals surface area contributed by atoms with Crippen molar-refractivity contribution in [2.75, 3.05) is 13.6 Å². The molecule has 3 N–H and O–H groups in total. The fourth-order valence-corrected chi connectivity index (χ4v) is 7.66. The lowest BCUT2D eigenvalue weighted by atomic mass is 9.54. The van der Waals surface area contributed by atoms with E-state index < -0.39 is 23.6 Å².